The lowest BCUT2D eigenvalue weighted by Crippen LogP contribution is -2.29. The van der Waals surface area contributed by atoms with Crippen molar-refractivity contribution >= 4 is 11.8 Å². The van der Waals surface area contributed by atoms with E-state index < -0.39 is 46.4 Å². The van der Waals surface area contributed by atoms with Crippen molar-refractivity contribution < 1.29 is 32.3 Å². The fourth-order valence-electron chi connectivity index (χ4n) is 1.21. The maximum absolute atomic E-state index is 13.2. The molecule has 0 aliphatic carbocycles. The van der Waals surface area contributed by atoms with Crippen LogP contribution in [-0.4, -0.2) is 23.5 Å². The Morgan fingerprint density at radius 1 is 1.05 bits per heavy atom. The monoisotopic (exact) mass is 280 g/mol. The molecule has 1 aromatic carbocycles. The summed E-state index contributed by atoms with van der Waals surface area (Å²) in [4.78, 5) is 21.7. The largest absolute Gasteiger partial charge is 0.504 e. The first-order valence-corrected chi connectivity index (χ1v) is 4.88. The lowest BCUT2D eigenvalue weighted by atomic mass is 10.1. The molecule has 5 nitrogen and oxygen atoms in total. The number of carbonyl (C=O) groups is 2. The first-order chi connectivity index (χ1) is 8.77. The number of benzene rings is 1. The van der Waals surface area contributed by atoms with E-state index in [0.717, 1.165) is 0 Å². The van der Waals surface area contributed by atoms with Crippen LogP contribution in [0.1, 0.15) is 16.8 Å². The molecular weight excluding hydrogens is 272 g/mol. The molecule has 9 heteroatoms. The second-order valence-electron chi connectivity index (χ2n) is 3.45. The quantitative estimate of drug-likeness (QED) is 0.427. The minimum absolute atomic E-state index is 0.305. The van der Waals surface area contributed by atoms with Crippen molar-refractivity contribution in [1.29, 1.82) is 0 Å². The van der Waals surface area contributed by atoms with Gasteiger partial charge in [0.15, 0.2) is 17.4 Å². The Hall–Kier alpha value is -2.32. The third kappa shape index (κ3) is 2.92. The number of phenolic OH excluding ortho intramolecular Hbond substituents is 1. The van der Waals surface area contributed by atoms with Crippen LogP contribution in [0.3, 0.4) is 0 Å². The first-order valence-electron chi connectivity index (χ1n) is 4.88. The number of phenols is 1. The van der Waals surface area contributed by atoms with E-state index in [2.05, 4.69) is 0 Å². The second kappa shape index (κ2) is 5.55. The zero-order chi connectivity index (χ0) is 14.7. The molecule has 0 saturated heterocycles. The number of rotatable bonds is 4. The van der Waals surface area contributed by atoms with Crippen LogP contribution in [0.15, 0.2) is 0 Å². The Labute approximate surface area is 104 Å². The molecule has 0 saturated carbocycles. The summed E-state index contributed by atoms with van der Waals surface area (Å²) in [6.07, 6.45) is -0.305. The molecule has 0 aliphatic rings. The van der Waals surface area contributed by atoms with Gasteiger partial charge in [-0.3, -0.25) is 9.59 Å². The summed E-state index contributed by atoms with van der Waals surface area (Å²) in [6, 6.07) is 0. The molecule has 0 bridgehead atoms. The smallest absolute Gasteiger partial charge is 0.258 e. The average molecular weight is 280 g/mol. The highest BCUT2D eigenvalue weighted by molar-refractivity contribution is 5.97. The third-order valence-electron chi connectivity index (χ3n) is 2.13. The molecule has 0 aliphatic heterocycles. The van der Waals surface area contributed by atoms with Crippen molar-refractivity contribution in [2.24, 2.45) is 5.73 Å². The van der Waals surface area contributed by atoms with Gasteiger partial charge in [-0.05, 0) is 0 Å². The van der Waals surface area contributed by atoms with Crippen molar-refractivity contribution in [3.8, 4) is 5.75 Å². The van der Waals surface area contributed by atoms with Crippen LogP contribution in [0.25, 0.3) is 0 Å². The summed E-state index contributed by atoms with van der Waals surface area (Å²) in [5.41, 5.74) is 3.37. The number of halogens is 4. The van der Waals surface area contributed by atoms with Crippen LogP contribution in [-0.2, 0) is 4.79 Å². The van der Waals surface area contributed by atoms with Gasteiger partial charge in [0, 0.05) is 13.0 Å². The average Bonchev–Trinajstić information content (AvgIpc) is 2.34. The van der Waals surface area contributed by atoms with Gasteiger partial charge in [-0.1, -0.05) is 0 Å². The Balaban J connectivity index is 3.07. The predicted octanol–water partition coefficient (Wildman–Crippen LogP) is 0.554. The Bertz CT molecular complexity index is 519. The van der Waals surface area contributed by atoms with Gasteiger partial charge in [0.05, 0.1) is 0 Å². The molecule has 0 unspecified atom stereocenters. The van der Waals surface area contributed by atoms with E-state index in [-0.39, 0.29) is 13.0 Å². The minimum atomic E-state index is -2.23. The van der Waals surface area contributed by atoms with E-state index in [4.69, 9.17) is 10.8 Å². The molecule has 0 aromatic heterocycles. The van der Waals surface area contributed by atoms with Gasteiger partial charge in [-0.2, -0.15) is 4.39 Å². The van der Waals surface area contributed by atoms with Gasteiger partial charge in [0.25, 0.3) is 5.91 Å². The fourth-order valence-corrected chi connectivity index (χ4v) is 1.21. The first kappa shape index (κ1) is 14.7. The van der Waals surface area contributed by atoms with Gasteiger partial charge >= 0.3 is 0 Å². The van der Waals surface area contributed by atoms with Crippen LogP contribution in [0, 0.1) is 23.3 Å². The molecule has 1 aromatic rings. The maximum Gasteiger partial charge on any atom is 0.258 e. The van der Waals surface area contributed by atoms with E-state index in [0.29, 0.717) is 0 Å². The molecule has 0 fully saturated rings. The van der Waals surface area contributed by atoms with E-state index >= 15 is 0 Å². The summed E-state index contributed by atoms with van der Waals surface area (Å²) in [5.74, 6) is -12.4. The zero-order valence-corrected chi connectivity index (χ0v) is 9.27. The highest BCUT2D eigenvalue weighted by Gasteiger charge is 2.29. The minimum Gasteiger partial charge on any atom is -0.504 e. The molecule has 0 spiro atoms. The summed E-state index contributed by atoms with van der Waals surface area (Å²) in [5, 5.41) is 11.0. The lowest BCUT2D eigenvalue weighted by Gasteiger charge is -2.09. The number of nitrogens with one attached hydrogen (secondary N) is 1. The lowest BCUT2D eigenvalue weighted by molar-refractivity contribution is -0.117. The molecule has 19 heavy (non-hydrogen) atoms. The number of carbonyl (C=O) groups excluding carboxylic acids is 2. The van der Waals surface area contributed by atoms with Crippen LogP contribution < -0.4 is 11.1 Å². The van der Waals surface area contributed by atoms with Crippen LogP contribution in [0.2, 0.25) is 0 Å². The van der Waals surface area contributed by atoms with Crippen molar-refractivity contribution in [1.82, 2.24) is 5.32 Å². The van der Waals surface area contributed by atoms with Crippen molar-refractivity contribution in [2.45, 2.75) is 6.42 Å². The van der Waals surface area contributed by atoms with Gasteiger partial charge in [0.2, 0.25) is 17.5 Å². The van der Waals surface area contributed by atoms with Crippen LogP contribution in [0.5, 0.6) is 5.75 Å². The summed E-state index contributed by atoms with van der Waals surface area (Å²) in [7, 11) is 0. The highest BCUT2D eigenvalue weighted by atomic mass is 19.2. The van der Waals surface area contributed by atoms with E-state index in [1.54, 1.807) is 0 Å². The summed E-state index contributed by atoms with van der Waals surface area (Å²) < 4.78 is 51.8. The number of hydrogen-bond acceptors (Lipinski definition) is 3. The zero-order valence-electron chi connectivity index (χ0n) is 9.27. The van der Waals surface area contributed by atoms with Crippen molar-refractivity contribution in [3.63, 3.8) is 0 Å². The molecule has 0 radical (unpaired) electrons. The Morgan fingerprint density at radius 2 is 1.58 bits per heavy atom. The van der Waals surface area contributed by atoms with Gasteiger partial charge < -0.3 is 16.2 Å². The SMILES string of the molecule is NC(=O)CCNC(=O)c1c(O)c(F)c(F)c(F)c1F. The predicted molar refractivity (Wildman–Crippen MR) is 54.1 cm³/mol. The standard InChI is InChI=1S/C10H8F4N2O3/c11-5-4(10(19)16-2-1-3(15)17)9(18)8(14)7(13)6(5)12/h18H,1-2H2,(H2,15,17)(H,16,19). The summed E-state index contributed by atoms with van der Waals surface area (Å²) >= 11 is 0. The molecule has 1 rings (SSSR count). The van der Waals surface area contributed by atoms with Gasteiger partial charge in [0.1, 0.15) is 5.56 Å². The van der Waals surface area contributed by atoms with Gasteiger partial charge in [-0.15, -0.1) is 0 Å². The molecule has 2 amide bonds. The van der Waals surface area contributed by atoms with Crippen LogP contribution >= 0.6 is 0 Å². The number of primary amides is 1. The number of hydrogen-bond donors (Lipinski definition) is 3. The number of aromatic hydroxyl groups is 1. The fraction of sp³-hybridized carbons (Fsp3) is 0.200. The van der Waals surface area contributed by atoms with Crippen molar-refractivity contribution in [2.75, 3.05) is 6.54 Å². The molecular formula is C10H8F4N2O3. The van der Waals surface area contributed by atoms with Crippen molar-refractivity contribution in [3.05, 3.63) is 28.8 Å². The Morgan fingerprint density at radius 3 is 2.11 bits per heavy atom. The topological polar surface area (TPSA) is 92.4 Å². The number of amides is 2. The maximum atomic E-state index is 13.2. The Kier molecular flexibility index (Phi) is 4.30. The van der Waals surface area contributed by atoms with E-state index in [1.807, 2.05) is 5.32 Å². The molecule has 0 heterocycles. The van der Waals surface area contributed by atoms with Gasteiger partial charge in [-0.25, -0.2) is 13.2 Å². The molecule has 0 atom stereocenters. The normalized spacial score (nSPS) is 10.3. The highest BCUT2D eigenvalue weighted by Crippen LogP contribution is 2.29. The second-order valence-corrected chi connectivity index (χ2v) is 3.45. The summed E-state index contributed by atoms with van der Waals surface area (Å²) in [6.45, 7) is -0.340. The van der Waals surface area contributed by atoms with E-state index in [1.165, 1.54) is 0 Å². The number of nitrogens with two attached hydrogens (primary N) is 1. The third-order valence-corrected chi connectivity index (χ3v) is 2.13. The molecule has 4 N–H and O–H groups in total. The molecule has 104 valence electrons. The van der Waals surface area contributed by atoms with E-state index in [9.17, 15) is 27.2 Å². The van der Waals surface area contributed by atoms with Crippen LogP contribution in [0.4, 0.5) is 17.6 Å².